The van der Waals surface area contributed by atoms with Gasteiger partial charge in [0.15, 0.2) is 0 Å². The smallest absolute Gasteiger partial charge is 0.113 e. The SMILES string of the molecule is Cc1ccc(N2CN=CN(C)C2)cc1. The zero-order valence-electron chi connectivity index (χ0n) is 8.64. The van der Waals surface area contributed by atoms with Crippen LogP contribution < -0.4 is 4.90 Å². The number of hydrogen-bond donors (Lipinski definition) is 0. The summed E-state index contributed by atoms with van der Waals surface area (Å²) in [4.78, 5) is 8.57. The van der Waals surface area contributed by atoms with Crippen molar-refractivity contribution in [1.82, 2.24) is 4.90 Å². The number of nitrogens with zero attached hydrogens (tertiary/aromatic N) is 3. The predicted molar refractivity (Wildman–Crippen MR) is 59.6 cm³/mol. The summed E-state index contributed by atoms with van der Waals surface area (Å²) < 4.78 is 0. The van der Waals surface area contributed by atoms with Gasteiger partial charge in [-0.05, 0) is 19.1 Å². The molecule has 0 spiro atoms. The van der Waals surface area contributed by atoms with Crippen molar-refractivity contribution in [2.24, 2.45) is 4.99 Å². The lowest BCUT2D eigenvalue weighted by Gasteiger charge is -2.30. The second kappa shape index (κ2) is 3.70. The van der Waals surface area contributed by atoms with Crippen LogP contribution in [-0.4, -0.2) is 31.6 Å². The number of anilines is 1. The van der Waals surface area contributed by atoms with Crippen LogP contribution in [0, 0.1) is 6.92 Å². The minimum absolute atomic E-state index is 0.757. The maximum atomic E-state index is 4.27. The molecule has 0 fully saturated rings. The molecule has 0 unspecified atom stereocenters. The van der Waals surface area contributed by atoms with Gasteiger partial charge in [0.2, 0.25) is 0 Å². The van der Waals surface area contributed by atoms with Gasteiger partial charge in [0, 0.05) is 12.7 Å². The number of rotatable bonds is 1. The van der Waals surface area contributed by atoms with E-state index in [0.717, 1.165) is 13.3 Å². The summed E-state index contributed by atoms with van der Waals surface area (Å²) in [5.74, 6) is 0. The largest absolute Gasteiger partial charge is 0.348 e. The molecule has 74 valence electrons. The van der Waals surface area contributed by atoms with E-state index in [1.807, 2.05) is 13.4 Å². The minimum Gasteiger partial charge on any atom is -0.348 e. The van der Waals surface area contributed by atoms with Crippen molar-refractivity contribution in [2.45, 2.75) is 6.92 Å². The number of benzene rings is 1. The fraction of sp³-hybridized carbons (Fsp3) is 0.364. The van der Waals surface area contributed by atoms with E-state index in [2.05, 4.69) is 46.0 Å². The van der Waals surface area contributed by atoms with Crippen LogP contribution in [0.5, 0.6) is 0 Å². The highest BCUT2D eigenvalue weighted by molar-refractivity contribution is 5.59. The molecule has 0 atom stereocenters. The van der Waals surface area contributed by atoms with Crippen molar-refractivity contribution in [1.29, 1.82) is 0 Å². The first-order valence-electron chi connectivity index (χ1n) is 4.77. The van der Waals surface area contributed by atoms with Gasteiger partial charge in [0.25, 0.3) is 0 Å². The Labute approximate surface area is 84.7 Å². The van der Waals surface area contributed by atoms with Gasteiger partial charge in [-0.1, -0.05) is 17.7 Å². The normalized spacial score (nSPS) is 16.1. The molecule has 0 aromatic heterocycles. The molecule has 1 aromatic carbocycles. The molecule has 1 heterocycles. The van der Waals surface area contributed by atoms with Crippen molar-refractivity contribution < 1.29 is 0 Å². The van der Waals surface area contributed by atoms with Crippen molar-refractivity contribution in [3.05, 3.63) is 29.8 Å². The molecule has 0 aliphatic carbocycles. The number of hydrogen-bond acceptors (Lipinski definition) is 3. The second-order valence-corrected chi connectivity index (χ2v) is 3.71. The van der Waals surface area contributed by atoms with Gasteiger partial charge >= 0.3 is 0 Å². The quantitative estimate of drug-likeness (QED) is 0.669. The molecule has 3 heteroatoms. The van der Waals surface area contributed by atoms with E-state index in [-0.39, 0.29) is 0 Å². The molecule has 14 heavy (non-hydrogen) atoms. The highest BCUT2D eigenvalue weighted by Crippen LogP contribution is 2.16. The van der Waals surface area contributed by atoms with Gasteiger partial charge in [-0.3, -0.25) is 4.99 Å². The topological polar surface area (TPSA) is 18.8 Å². The lowest BCUT2D eigenvalue weighted by molar-refractivity contribution is 0.481. The lowest BCUT2D eigenvalue weighted by Crippen LogP contribution is -2.39. The van der Waals surface area contributed by atoms with Crippen LogP contribution in [0.15, 0.2) is 29.3 Å². The van der Waals surface area contributed by atoms with Crippen molar-refractivity contribution >= 4 is 12.0 Å². The van der Waals surface area contributed by atoms with Crippen molar-refractivity contribution in [3.63, 3.8) is 0 Å². The molecule has 0 saturated carbocycles. The molecular weight excluding hydrogens is 174 g/mol. The van der Waals surface area contributed by atoms with Crippen LogP contribution in [-0.2, 0) is 0 Å². The lowest BCUT2D eigenvalue weighted by atomic mass is 10.2. The third-order valence-corrected chi connectivity index (χ3v) is 2.32. The van der Waals surface area contributed by atoms with Crippen LogP contribution in [0.1, 0.15) is 5.56 Å². The van der Waals surface area contributed by atoms with Gasteiger partial charge < -0.3 is 9.80 Å². The summed E-state index contributed by atoms with van der Waals surface area (Å²) in [6.45, 7) is 3.77. The fourth-order valence-electron chi connectivity index (χ4n) is 1.54. The second-order valence-electron chi connectivity index (χ2n) is 3.71. The third kappa shape index (κ3) is 1.87. The van der Waals surface area contributed by atoms with Gasteiger partial charge in [0.1, 0.15) is 6.67 Å². The van der Waals surface area contributed by atoms with Crippen molar-refractivity contribution in [2.75, 3.05) is 25.3 Å². The van der Waals surface area contributed by atoms with Crippen LogP contribution in [0.25, 0.3) is 0 Å². The molecule has 0 N–H and O–H groups in total. The van der Waals surface area contributed by atoms with Gasteiger partial charge in [-0.2, -0.15) is 0 Å². The van der Waals surface area contributed by atoms with Crippen LogP contribution in [0.3, 0.4) is 0 Å². The molecular formula is C11H15N3. The summed E-state index contributed by atoms with van der Waals surface area (Å²) >= 11 is 0. The summed E-state index contributed by atoms with van der Waals surface area (Å²) in [6.07, 6.45) is 1.88. The Morgan fingerprint density at radius 3 is 2.57 bits per heavy atom. The standard InChI is InChI=1S/C11H15N3/c1-10-3-5-11(6-4-10)14-8-12-7-13(2)9-14/h3-7H,8-9H2,1-2H3. The first kappa shape index (κ1) is 9.06. The monoisotopic (exact) mass is 189 g/mol. The first-order chi connectivity index (χ1) is 6.75. The average Bonchev–Trinajstić information content (AvgIpc) is 2.19. The fourth-order valence-corrected chi connectivity index (χ4v) is 1.54. The Kier molecular flexibility index (Phi) is 2.39. The molecule has 2 rings (SSSR count). The highest BCUT2D eigenvalue weighted by Gasteiger charge is 2.09. The zero-order valence-corrected chi connectivity index (χ0v) is 8.64. The predicted octanol–water partition coefficient (Wildman–Crippen LogP) is 1.69. The molecule has 0 saturated heterocycles. The van der Waals surface area contributed by atoms with Crippen LogP contribution in [0.2, 0.25) is 0 Å². The van der Waals surface area contributed by atoms with Gasteiger partial charge in [-0.15, -0.1) is 0 Å². The number of aliphatic imine (C=N–C) groups is 1. The Morgan fingerprint density at radius 1 is 1.21 bits per heavy atom. The van der Waals surface area contributed by atoms with E-state index in [9.17, 15) is 0 Å². The summed E-state index contributed by atoms with van der Waals surface area (Å²) in [5.41, 5.74) is 2.53. The molecule has 0 amide bonds. The van der Waals surface area contributed by atoms with Crippen molar-refractivity contribution in [3.8, 4) is 0 Å². The summed E-state index contributed by atoms with van der Waals surface area (Å²) in [6, 6.07) is 8.55. The van der Waals surface area contributed by atoms with E-state index in [0.29, 0.717) is 0 Å². The Hall–Kier alpha value is -1.51. The molecule has 3 nitrogen and oxygen atoms in total. The molecule has 0 radical (unpaired) electrons. The Bertz CT molecular complexity index is 329. The maximum absolute atomic E-state index is 4.27. The highest BCUT2D eigenvalue weighted by atomic mass is 15.4. The zero-order chi connectivity index (χ0) is 9.97. The van der Waals surface area contributed by atoms with E-state index in [1.165, 1.54) is 11.3 Å². The Morgan fingerprint density at radius 2 is 1.93 bits per heavy atom. The van der Waals surface area contributed by atoms with Crippen LogP contribution in [0.4, 0.5) is 5.69 Å². The molecule has 1 aliphatic heterocycles. The first-order valence-corrected chi connectivity index (χ1v) is 4.77. The molecule has 1 aromatic rings. The van der Waals surface area contributed by atoms with Crippen LogP contribution >= 0.6 is 0 Å². The van der Waals surface area contributed by atoms with E-state index in [1.54, 1.807) is 0 Å². The van der Waals surface area contributed by atoms with Gasteiger partial charge in [0.05, 0.1) is 13.0 Å². The molecule has 0 bridgehead atoms. The minimum atomic E-state index is 0.757. The van der Waals surface area contributed by atoms with E-state index in [4.69, 9.17) is 0 Å². The Balaban J connectivity index is 2.15. The third-order valence-electron chi connectivity index (χ3n) is 2.32. The average molecular weight is 189 g/mol. The summed E-state index contributed by atoms with van der Waals surface area (Å²) in [7, 11) is 2.03. The van der Waals surface area contributed by atoms with Gasteiger partial charge in [-0.25, -0.2) is 0 Å². The van der Waals surface area contributed by atoms with E-state index < -0.39 is 0 Å². The number of aryl methyl sites for hydroxylation is 1. The van der Waals surface area contributed by atoms with E-state index >= 15 is 0 Å². The molecule has 1 aliphatic rings. The maximum Gasteiger partial charge on any atom is 0.113 e. The summed E-state index contributed by atoms with van der Waals surface area (Å²) in [5, 5.41) is 0.